The fraction of sp³-hybridized carbons (Fsp3) is 0.238. The van der Waals surface area contributed by atoms with E-state index in [9.17, 15) is 20.2 Å². The quantitative estimate of drug-likeness (QED) is 0.491. The highest BCUT2D eigenvalue weighted by atomic mass is 16.6. The predicted molar refractivity (Wildman–Crippen MR) is 111 cm³/mol. The Hall–Kier alpha value is -4.26. The summed E-state index contributed by atoms with van der Waals surface area (Å²) in [6.45, 7) is 1.27. The number of piperidine rings is 1. The standard InChI is InChI=1S/C21H18N6O4/c22-13-15-12-16(27(29)30)3-4-17(15)23-21(28)14-7-9-26(10-8-14)20-6-5-18(24-25-20)19-2-1-11-31-19/h1-6,11-12,14H,7-10H2,(H,23,28). The van der Waals surface area contributed by atoms with E-state index in [1.54, 1.807) is 12.3 Å². The van der Waals surface area contributed by atoms with Crippen molar-refractivity contribution in [3.8, 4) is 17.5 Å². The van der Waals surface area contributed by atoms with Gasteiger partial charge in [-0.05, 0) is 43.2 Å². The van der Waals surface area contributed by atoms with E-state index in [0.717, 1.165) is 11.9 Å². The second-order valence-corrected chi connectivity index (χ2v) is 7.10. The van der Waals surface area contributed by atoms with E-state index >= 15 is 0 Å². The number of rotatable bonds is 5. The molecule has 0 radical (unpaired) electrons. The van der Waals surface area contributed by atoms with Crippen molar-refractivity contribution in [2.45, 2.75) is 12.8 Å². The van der Waals surface area contributed by atoms with Gasteiger partial charge in [-0.15, -0.1) is 10.2 Å². The van der Waals surface area contributed by atoms with Crippen LogP contribution in [0, 0.1) is 27.4 Å². The fourth-order valence-electron chi connectivity index (χ4n) is 3.50. The molecule has 156 valence electrons. The van der Waals surface area contributed by atoms with E-state index in [1.165, 1.54) is 12.1 Å². The molecule has 3 heterocycles. The Balaban J connectivity index is 1.36. The summed E-state index contributed by atoms with van der Waals surface area (Å²) in [6.07, 6.45) is 2.81. The van der Waals surface area contributed by atoms with Gasteiger partial charge in [0.2, 0.25) is 5.91 Å². The Morgan fingerprint density at radius 2 is 2.03 bits per heavy atom. The number of non-ortho nitro benzene ring substituents is 1. The summed E-state index contributed by atoms with van der Waals surface area (Å²) in [5, 5.41) is 31.3. The zero-order valence-electron chi connectivity index (χ0n) is 16.4. The maximum Gasteiger partial charge on any atom is 0.270 e. The third kappa shape index (κ3) is 4.35. The van der Waals surface area contributed by atoms with Crippen LogP contribution in [0.1, 0.15) is 18.4 Å². The highest BCUT2D eigenvalue weighted by Gasteiger charge is 2.26. The molecule has 0 aliphatic carbocycles. The monoisotopic (exact) mass is 418 g/mol. The Bertz CT molecular complexity index is 1130. The molecule has 1 saturated heterocycles. The van der Waals surface area contributed by atoms with Crippen molar-refractivity contribution in [3.05, 3.63) is 64.4 Å². The summed E-state index contributed by atoms with van der Waals surface area (Å²) in [4.78, 5) is 25.0. The highest BCUT2D eigenvalue weighted by molar-refractivity contribution is 5.94. The maximum atomic E-state index is 12.7. The lowest BCUT2D eigenvalue weighted by Gasteiger charge is -2.31. The molecule has 1 aliphatic rings. The molecule has 31 heavy (non-hydrogen) atoms. The third-order valence-corrected chi connectivity index (χ3v) is 5.21. The SMILES string of the molecule is N#Cc1cc([N+](=O)[O-])ccc1NC(=O)C1CCN(c2ccc(-c3ccco3)nn2)CC1. The van der Waals surface area contributed by atoms with Crippen LogP contribution in [0.3, 0.4) is 0 Å². The molecule has 1 N–H and O–H groups in total. The highest BCUT2D eigenvalue weighted by Crippen LogP contribution is 2.26. The first kappa shape index (κ1) is 20.0. The molecule has 1 amide bonds. The summed E-state index contributed by atoms with van der Waals surface area (Å²) < 4.78 is 5.31. The number of carbonyl (C=O) groups is 1. The lowest BCUT2D eigenvalue weighted by molar-refractivity contribution is -0.384. The van der Waals surface area contributed by atoms with Gasteiger partial charge in [0.15, 0.2) is 11.6 Å². The minimum Gasteiger partial charge on any atom is -0.463 e. The molecule has 4 rings (SSSR count). The zero-order valence-corrected chi connectivity index (χ0v) is 16.4. The zero-order chi connectivity index (χ0) is 21.8. The smallest absolute Gasteiger partial charge is 0.270 e. The van der Waals surface area contributed by atoms with Gasteiger partial charge in [-0.3, -0.25) is 14.9 Å². The number of nitrogens with one attached hydrogen (secondary N) is 1. The van der Waals surface area contributed by atoms with Crippen molar-refractivity contribution < 1.29 is 14.1 Å². The minimum absolute atomic E-state index is 0.0620. The van der Waals surface area contributed by atoms with Gasteiger partial charge in [0.05, 0.1) is 22.4 Å². The average Bonchev–Trinajstić information content (AvgIpc) is 3.34. The number of aromatic nitrogens is 2. The third-order valence-electron chi connectivity index (χ3n) is 5.21. The largest absolute Gasteiger partial charge is 0.463 e. The van der Waals surface area contributed by atoms with E-state index < -0.39 is 4.92 Å². The van der Waals surface area contributed by atoms with Gasteiger partial charge >= 0.3 is 0 Å². The van der Waals surface area contributed by atoms with Crippen LogP contribution in [-0.4, -0.2) is 34.1 Å². The first-order valence-corrected chi connectivity index (χ1v) is 9.67. The molecule has 0 spiro atoms. The summed E-state index contributed by atoms with van der Waals surface area (Å²) in [7, 11) is 0. The number of nitrogens with zero attached hydrogens (tertiary/aromatic N) is 5. The predicted octanol–water partition coefficient (Wildman–Crippen LogP) is 3.37. The Labute approximate surface area is 177 Å². The van der Waals surface area contributed by atoms with Gasteiger partial charge in [-0.25, -0.2) is 0 Å². The Kier molecular flexibility index (Phi) is 5.57. The van der Waals surface area contributed by atoms with Crippen LogP contribution in [0.4, 0.5) is 17.2 Å². The van der Waals surface area contributed by atoms with Gasteiger partial charge < -0.3 is 14.6 Å². The van der Waals surface area contributed by atoms with Crippen molar-refractivity contribution in [1.29, 1.82) is 5.26 Å². The number of nitro groups is 1. The molecule has 2 aromatic heterocycles. The molecule has 10 nitrogen and oxygen atoms in total. The van der Waals surface area contributed by atoms with Crippen LogP contribution in [-0.2, 0) is 4.79 Å². The molecule has 1 aliphatic heterocycles. The van der Waals surface area contributed by atoms with Gasteiger partial charge in [0.1, 0.15) is 11.8 Å². The van der Waals surface area contributed by atoms with Gasteiger partial charge in [-0.2, -0.15) is 5.26 Å². The van der Waals surface area contributed by atoms with Gasteiger partial charge in [-0.1, -0.05) is 0 Å². The number of carbonyl (C=O) groups excluding carboxylic acids is 1. The second-order valence-electron chi connectivity index (χ2n) is 7.10. The van der Waals surface area contributed by atoms with Crippen LogP contribution in [0.5, 0.6) is 0 Å². The van der Waals surface area contributed by atoms with Crippen molar-refractivity contribution >= 4 is 23.1 Å². The maximum absolute atomic E-state index is 12.7. The molecule has 1 aromatic carbocycles. The van der Waals surface area contributed by atoms with Gasteiger partial charge in [0.25, 0.3) is 5.69 Å². The molecule has 0 atom stereocenters. The Morgan fingerprint density at radius 3 is 2.65 bits per heavy atom. The van der Waals surface area contributed by atoms with Crippen LogP contribution in [0.2, 0.25) is 0 Å². The molecule has 1 fully saturated rings. The molecule has 0 saturated carbocycles. The minimum atomic E-state index is -0.577. The molecule has 0 unspecified atom stereocenters. The average molecular weight is 418 g/mol. The molecule has 3 aromatic rings. The normalized spacial score (nSPS) is 14.1. The van der Waals surface area contributed by atoms with Crippen molar-refractivity contribution in [1.82, 2.24) is 10.2 Å². The molecular formula is C21H18N6O4. The van der Waals surface area contributed by atoms with Crippen molar-refractivity contribution in [2.75, 3.05) is 23.3 Å². The van der Waals surface area contributed by atoms with Crippen LogP contribution < -0.4 is 10.2 Å². The number of nitriles is 1. The summed E-state index contributed by atoms with van der Waals surface area (Å²) >= 11 is 0. The van der Waals surface area contributed by atoms with E-state index in [1.807, 2.05) is 24.3 Å². The second kappa shape index (κ2) is 8.62. The number of benzene rings is 1. The van der Waals surface area contributed by atoms with Crippen molar-refractivity contribution in [2.24, 2.45) is 5.92 Å². The molecule has 10 heteroatoms. The molecular weight excluding hydrogens is 400 g/mol. The first-order valence-electron chi connectivity index (χ1n) is 9.67. The lowest BCUT2D eigenvalue weighted by atomic mass is 9.95. The van der Waals surface area contributed by atoms with Crippen molar-refractivity contribution in [3.63, 3.8) is 0 Å². The van der Waals surface area contributed by atoms with E-state index in [0.29, 0.717) is 37.4 Å². The summed E-state index contributed by atoms with van der Waals surface area (Å²) in [5.41, 5.74) is 0.799. The van der Waals surface area contributed by atoms with E-state index in [2.05, 4.69) is 20.4 Å². The van der Waals surface area contributed by atoms with E-state index in [4.69, 9.17) is 4.42 Å². The molecule has 0 bridgehead atoms. The Morgan fingerprint density at radius 1 is 1.23 bits per heavy atom. The summed E-state index contributed by atoms with van der Waals surface area (Å²) in [6, 6.07) is 13.0. The first-order chi connectivity index (χ1) is 15.0. The number of nitro benzene ring substituents is 1. The van der Waals surface area contributed by atoms with Gasteiger partial charge in [0, 0.05) is 31.1 Å². The topological polar surface area (TPSA) is 138 Å². The number of hydrogen-bond donors (Lipinski definition) is 1. The number of furan rings is 1. The number of hydrogen-bond acceptors (Lipinski definition) is 8. The number of amides is 1. The van der Waals surface area contributed by atoms with Crippen LogP contribution in [0.15, 0.2) is 53.1 Å². The fourth-order valence-corrected chi connectivity index (χ4v) is 3.50. The van der Waals surface area contributed by atoms with Crippen LogP contribution in [0.25, 0.3) is 11.5 Å². The number of anilines is 2. The van der Waals surface area contributed by atoms with Crippen LogP contribution >= 0.6 is 0 Å². The van der Waals surface area contributed by atoms with E-state index in [-0.39, 0.29) is 28.8 Å². The summed E-state index contributed by atoms with van der Waals surface area (Å²) in [5.74, 6) is 0.950. The lowest BCUT2D eigenvalue weighted by Crippen LogP contribution is -2.38.